The first-order valence-corrected chi connectivity index (χ1v) is 5.88. The Labute approximate surface area is 118 Å². The fourth-order valence-corrected chi connectivity index (χ4v) is 1.20. The third-order valence-electron chi connectivity index (χ3n) is 2.17. The molecule has 1 heterocycles. The van der Waals surface area contributed by atoms with Gasteiger partial charge in [-0.3, -0.25) is 4.79 Å². The van der Waals surface area contributed by atoms with Crippen molar-refractivity contribution in [3.05, 3.63) is 18.0 Å². The second kappa shape index (κ2) is 7.58. The van der Waals surface area contributed by atoms with Crippen molar-refractivity contribution in [3.63, 3.8) is 0 Å². The van der Waals surface area contributed by atoms with E-state index in [1.54, 1.807) is 0 Å². The molecule has 1 rings (SSSR count). The third-order valence-corrected chi connectivity index (χ3v) is 2.17. The largest absolute Gasteiger partial charge is 0.390 e. The van der Waals surface area contributed by atoms with Crippen LogP contribution in [0.2, 0.25) is 0 Å². The molecule has 0 radical (unpaired) electrons. The summed E-state index contributed by atoms with van der Waals surface area (Å²) in [6, 6.07) is 1.81. The van der Waals surface area contributed by atoms with Crippen molar-refractivity contribution in [2.45, 2.75) is 13.8 Å². The maximum atomic E-state index is 11.5. The molecule has 0 spiro atoms. The van der Waals surface area contributed by atoms with Crippen LogP contribution in [0.1, 0.15) is 25.6 Å². The van der Waals surface area contributed by atoms with Crippen LogP contribution >= 0.6 is 0 Å². The fourth-order valence-electron chi connectivity index (χ4n) is 1.20. The summed E-state index contributed by atoms with van der Waals surface area (Å²) in [5, 5.41) is 10.8. The summed E-state index contributed by atoms with van der Waals surface area (Å²) in [5.41, 5.74) is 5.50. The lowest BCUT2D eigenvalue weighted by Crippen LogP contribution is -2.23. The van der Waals surface area contributed by atoms with E-state index in [4.69, 9.17) is 11.0 Å². The lowest BCUT2D eigenvalue weighted by molar-refractivity contribution is 0.0958. The van der Waals surface area contributed by atoms with Crippen molar-refractivity contribution in [3.8, 4) is 6.07 Å². The van der Waals surface area contributed by atoms with Gasteiger partial charge in [0.25, 0.3) is 11.9 Å². The molecule has 0 aliphatic heterocycles. The number of aromatic nitrogens is 2. The van der Waals surface area contributed by atoms with Gasteiger partial charge in [-0.15, -0.1) is 0 Å². The highest BCUT2D eigenvalue weighted by atomic mass is 16.1. The monoisotopic (exact) mass is 275 g/mol. The van der Waals surface area contributed by atoms with E-state index < -0.39 is 5.91 Å². The maximum absolute atomic E-state index is 11.5. The minimum atomic E-state index is -0.411. The fraction of sp³-hybridized carbons (Fsp3) is 0.333. The molecule has 0 aliphatic rings. The lowest BCUT2D eigenvalue weighted by atomic mass is 10.2. The molecule has 0 aromatic carbocycles. The van der Waals surface area contributed by atoms with Crippen LogP contribution in [-0.4, -0.2) is 34.6 Å². The zero-order chi connectivity index (χ0) is 15.0. The molecule has 0 aliphatic carbocycles. The third kappa shape index (κ3) is 4.45. The Kier molecular flexibility index (Phi) is 5.77. The molecule has 106 valence electrons. The molecular formula is C12H17N7O. The number of carbonyl (C=O) groups excluding carboxylic acids is 1. The second-order valence-corrected chi connectivity index (χ2v) is 4.02. The number of nitrogens with one attached hydrogen (secondary N) is 1. The van der Waals surface area contributed by atoms with Gasteiger partial charge in [-0.25, -0.2) is 15.0 Å². The van der Waals surface area contributed by atoms with E-state index in [9.17, 15) is 4.79 Å². The molecule has 0 saturated heterocycles. The highest BCUT2D eigenvalue weighted by Crippen LogP contribution is 2.08. The Morgan fingerprint density at radius 3 is 2.75 bits per heavy atom. The van der Waals surface area contributed by atoms with E-state index >= 15 is 0 Å². The summed E-state index contributed by atoms with van der Waals surface area (Å²) in [5.74, 6) is 0.341. The predicted octanol–water partition coefficient (Wildman–Crippen LogP) is 0.649. The molecule has 0 bridgehead atoms. The molecule has 3 N–H and O–H groups in total. The quantitative estimate of drug-likeness (QED) is 0.473. The smallest absolute Gasteiger partial charge is 0.255 e. The minimum absolute atomic E-state index is 0. The normalized spacial score (nSPS) is 11.6. The molecule has 1 aromatic heterocycles. The second-order valence-electron chi connectivity index (χ2n) is 4.02. The number of hydrogen-bond acceptors (Lipinski definition) is 5. The highest BCUT2D eigenvalue weighted by molar-refractivity contribution is 5.94. The summed E-state index contributed by atoms with van der Waals surface area (Å²) in [6.07, 6.45) is 3.83. The predicted molar refractivity (Wildman–Crippen MR) is 76.7 cm³/mol. The first-order chi connectivity index (χ1) is 9.58. The van der Waals surface area contributed by atoms with Gasteiger partial charge < -0.3 is 11.1 Å². The Morgan fingerprint density at radius 2 is 2.25 bits per heavy atom. The van der Waals surface area contributed by atoms with Gasteiger partial charge >= 0.3 is 0 Å². The van der Waals surface area contributed by atoms with Crippen LogP contribution in [0.25, 0.3) is 0 Å². The van der Waals surface area contributed by atoms with Crippen LogP contribution in [0.15, 0.2) is 22.4 Å². The van der Waals surface area contributed by atoms with Gasteiger partial charge in [0.05, 0.1) is 18.0 Å². The average Bonchev–Trinajstić information content (AvgIpc) is 2.45. The summed E-state index contributed by atoms with van der Waals surface area (Å²) in [4.78, 5) is 27.5. The Hall–Kier alpha value is -2.82. The van der Waals surface area contributed by atoms with Crippen LogP contribution < -0.4 is 11.1 Å². The summed E-state index contributed by atoms with van der Waals surface area (Å²) < 4.78 is 0. The molecule has 0 saturated carbocycles. The molecular weight excluding hydrogens is 258 g/mol. The first kappa shape index (κ1) is 15.2. The zero-order valence-corrected chi connectivity index (χ0v) is 11.2. The molecule has 8 nitrogen and oxygen atoms in total. The average molecular weight is 275 g/mol. The van der Waals surface area contributed by atoms with Crippen molar-refractivity contribution >= 4 is 24.0 Å². The zero-order valence-electron chi connectivity index (χ0n) is 11.2. The summed E-state index contributed by atoms with van der Waals surface area (Å²) in [6.45, 7) is 3.76. The van der Waals surface area contributed by atoms with Crippen LogP contribution in [0.5, 0.6) is 0 Å². The maximum Gasteiger partial charge on any atom is 0.255 e. The van der Waals surface area contributed by atoms with Gasteiger partial charge in [0.2, 0.25) is 0 Å². The van der Waals surface area contributed by atoms with E-state index in [-0.39, 0.29) is 25.4 Å². The number of amides is 1. The Bertz CT molecular complexity index is 560. The number of aliphatic imine (C=N–C) groups is 2. The molecule has 0 unspecified atom stereocenters. The first-order valence-electron chi connectivity index (χ1n) is 5.88. The van der Waals surface area contributed by atoms with Crippen molar-refractivity contribution in [2.24, 2.45) is 21.6 Å². The number of nitrogens with two attached hydrogens (primary N) is 1. The lowest BCUT2D eigenvalue weighted by Gasteiger charge is -2.04. The number of nitriles is 1. The van der Waals surface area contributed by atoms with Crippen molar-refractivity contribution in [1.29, 1.82) is 5.26 Å². The summed E-state index contributed by atoms with van der Waals surface area (Å²) >= 11 is 0. The van der Waals surface area contributed by atoms with Gasteiger partial charge in [-0.1, -0.05) is 13.8 Å². The topological polar surface area (TPSA) is 129 Å². The number of nitrogens with zero attached hydrogens (tertiary/aromatic N) is 5. The number of carbonyl (C=O) groups is 1. The molecule has 0 fully saturated rings. The molecule has 0 atom stereocenters. The number of amidine groups is 1. The highest BCUT2D eigenvalue weighted by Gasteiger charge is 2.08. The van der Waals surface area contributed by atoms with E-state index in [0.717, 1.165) is 6.34 Å². The molecule has 20 heavy (non-hydrogen) atoms. The SMILES string of the molecule is CC(C)/C(N=CN)=N\c1ncc(C(=O)NCC#N)cn1.[HH]. The van der Waals surface area contributed by atoms with Crippen molar-refractivity contribution in [1.82, 2.24) is 15.3 Å². The van der Waals surface area contributed by atoms with Gasteiger partial charge in [0.15, 0.2) is 0 Å². The van der Waals surface area contributed by atoms with Gasteiger partial charge in [0, 0.05) is 19.7 Å². The van der Waals surface area contributed by atoms with Gasteiger partial charge in [0.1, 0.15) is 12.4 Å². The standard InChI is InChI=1S/C12H15N7O.H2/c1-8(2)10(18-7-14)19-12-16-5-9(6-17-12)11(20)15-4-3-13;/h5-8H,4H2,1-2H3,(H,15,20)(H2,14,16,17,18,19);1H. The van der Waals surface area contributed by atoms with E-state index in [2.05, 4.69) is 25.3 Å². The van der Waals surface area contributed by atoms with Crippen molar-refractivity contribution < 1.29 is 6.22 Å². The van der Waals surface area contributed by atoms with Crippen LogP contribution in [0.3, 0.4) is 0 Å². The van der Waals surface area contributed by atoms with Crippen LogP contribution in [0, 0.1) is 17.2 Å². The van der Waals surface area contributed by atoms with E-state index in [1.807, 2.05) is 19.9 Å². The van der Waals surface area contributed by atoms with Crippen LogP contribution in [0.4, 0.5) is 5.95 Å². The summed E-state index contributed by atoms with van der Waals surface area (Å²) in [7, 11) is 0. The van der Waals surface area contributed by atoms with E-state index in [0.29, 0.717) is 5.84 Å². The molecule has 8 heteroatoms. The Balaban J connectivity index is 0.00000400. The van der Waals surface area contributed by atoms with Gasteiger partial charge in [-0.2, -0.15) is 10.3 Å². The number of rotatable bonds is 4. The molecule has 1 amide bonds. The van der Waals surface area contributed by atoms with Crippen LogP contribution in [-0.2, 0) is 0 Å². The Morgan fingerprint density at radius 1 is 1.60 bits per heavy atom. The van der Waals surface area contributed by atoms with Crippen molar-refractivity contribution in [2.75, 3.05) is 6.54 Å². The minimum Gasteiger partial charge on any atom is -0.390 e. The number of hydrogen-bond donors (Lipinski definition) is 2. The van der Waals surface area contributed by atoms with E-state index in [1.165, 1.54) is 12.4 Å². The van der Waals surface area contributed by atoms with Gasteiger partial charge in [-0.05, 0) is 0 Å². The molecule has 1 aromatic rings.